The first-order valence-corrected chi connectivity index (χ1v) is 7.21. The molecule has 1 saturated carbocycles. The van der Waals surface area contributed by atoms with E-state index in [4.69, 9.17) is 5.73 Å². The number of nitrogens with zero attached hydrogens (tertiary/aromatic N) is 2. The summed E-state index contributed by atoms with van der Waals surface area (Å²) in [6.07, 6.45) is 4.02. The fraction of sp³-hybridized carbons (Fsp3) is 0.929. The molecule has 3 atom stereocenters. The average molecular weight is 253 g/mol. The summed E-state index contributed by atoms with van der Waals surface area (Å²) in [5, 5.41) is 0. The van der Waals surface area contributed by atoms with Crippen LogP contribution in [0.25, 0.3) is 0 Å². The van der Waals surface area contributed by atoms with Crippen molar-refractivity contribution in [3.63, 3.8) is 0 Å². The van der Waals surface area contributed by atoms with E-state index in [2.05, 4.69) is 25.8 Å². The number of piperazine rings is 1. The molecule has 2 aliphatic rings. The Morgan fingerprint density at radius 1 is 1.33 bits per heavy atom. The van der Waals surface area contributed by atoms with Gasteiger partial charge in [-0.2, -0.15) is 0 Å². The monoisotopic (exact) mass is 253 g/mol. The number of rotatable bonds is 1. The molecule has 1 heterocycles. The van der Waals surface area contributed by atoms with Gasteiger partial charge in [0.25, 0.3) is 0 Å². The van der Waals surface area contributed by atoms with Crippen molar-refractivity contribution in [2.45, 2.75) is 51.1 Å². The number of carbonyl (C=O) groups is 1. The minimum absolute atomic E-state index is 0.189. The summed E-state index contributed by atoms with van der Waals surface area (Å²) in [5.41, 5.74) is 5.81. The van der Waals surface area contributed by atoms with E-state index in [0.29, 0.717) is 12.0 Å². The van der Waals surface area contributed by atoms with E-state index >= 15 is 0 Å². The van der Waals surface area contributed by atoms with Gasteiger partial charge in [-0.15, -0.1) is 0 Å². The topological polar surface area (TPSA) is 49.6 Å². The van der Waals surface area contributed by atoms with Gasteiger partial charge in [0.1, 0.15) is 0 Å². The minimum Gasteiger partial charge on any atom is -0.338 e. The molecule has 0 aromatic carbocycles. The molecule has 1 aliphatic heterocycles. The van der Waals surface area contributed by atoms with Gasteiger partial charge in [-0.05, 0) is 32.7 Å². The van der Waals surface area contributed by atoms with Gasteiger partial charge in [-0.1, -0.05) is 19.8 Å². The predicted octanol–water partition coefficient (Wildman–Crippen LogP) is 1.06. The lowest BCUT2D eigenvalue weighted by Gasteiger charge is -2.43. The van der Waals surface area contributed by atoms with Crippen molar-refractivity contribution in [2.24, 2.45) is 11.7 Å². The van der Waals surface area contributed by atoms with E-state index in [1.165, 1.54) is 6.42 Å². The van der Waals surface area contributed by atoms with Gasteiger partial charge in [0.2, 0.25) is 5.91 Å². The number of amides is 1. The maximum atomic E-state index is 12.7. The van der Waals surface area contributed by atoms with E-state index < -0.39 is 5.54 Å². The Morgan fingerprint density at radius 3 is 2.67 bits per heavy atom. The third-order valence-electron chi connectivity index (χ3n) is 4.71. The summed E-state index contributed by atoms with van der Waals surface area (Å²) < 4.78 is 0. The summed E-state index contributed by atoms with van der Waals surface area (Å²) >= 11 is 0. The largest absolute Gasteiger partial charge is 0.338 e. The van der Waals surface area contributed by atoms with Gasteiger partial charge in [0.15, 0.2) is 0 Å². The smallest absolute Gasteiger partial charge is 0.242 e. The molecule has 2 N–H and O–H groups in total. The van der Waals surface area contributed by atoms with E-state index in [0.717, 1.165) is 38.9 Å². The summed E-state index contributed by atoms with van der Waals surface area (Å²) in [7, 11) is 2.12. The van der Waals surface area contributed by atoms with Crippen LogP contribution >= 0.6 is 0 Å². The molecular formula is C14H27N3O. The van der Waals surface area contributed by atoms with Crippen LogP contribution in [-0.2, 0) is 4.79 Å². The van der Waals surface area contributed by atoms with Gasteiger partial charge >= 0.3 is 0 Å². The van der Waals surface area contributed by atoms with Gasteiger partial charge in [0, 0.05) is 25.7 Å². The molecule has 0 aromatic heterocycles. The van der Waals surface area contributed by atoms with Crippen LogP contribution < -0.4 is 5.73 Å². The Labute approximate surface area is 110 Å². The van der Waals surface area contributed by atoms with E-state index in [9.17, 15) is 4.79 Å². The van der Waals surface area contributed by atoms with Crippen LogP contribution in [0.3, 0.4) is 0 Å². The zero-order chi connectivity index (χ0) is 13.3. The van der Waals surface area contributed by atoms with Crippen molar-refractivity contribution in [1.82, 2.24) is 9.80 Å². The van der Waals surface area contributed by atoms with Gasteiger partial charge in [-0.3, -0.25) is 4.79 Å². The lowest BCUT2D eigenvalue weighted by Crippen LogP contribution is -2.62. The second kappa shape index (κ2) is 5.17. The number of nitrogens with two attached hydrogens (primary N) is 1. The third-order valence-corrected chi connectivity index (χ3v) is 4.71. The Balaban J connectivity index is 2.02. The number of hydrogen-bond donors (Lipinski definition) is 1. The van der Waals surface area contributed by atoms with E-state index in [1.54, 1.807) is 0 Å². The van der Waals surface area contributed by atoms with Crippen LogP contribution in [0.5, 0.6) is 0 Å². The standard InChI is InChI=1S/C14H27N3O/c1-11-5-4-6-14(15,9-11)13(18)17-8-7-16(3)12(2)10-17/h11-12H,4-10,15H2,1-3H3. The Kier molecular flexibility index (Phi) is 3.97. The summed E-state index contributed by atoms with van der Waals surface area (Å²) in [6, 6.07) is 0.437. The molecule has 0 aromatic rings. The number of hydrogen-bond acceptors (Lipinski definition) is 3. The maximum absolute atomic E-state index is 12.7. The Morgan fingerprint density at radius 2 is 2.06 bits per heavy atom. The molecule has 4 nitrogen and oxygen atoms in total. The van der Waals surface area contributed by atoms with Crippen LogP contribution in [-0.4, -0.2) is 54.0 Å². The molecule has 18 heavy (non-hydrogen) atoms. The summed E-state index contributed by atoms with van der Waals surface area (Å²) in [4.78, 5) is 16.9. The highest BCUT2D eigenvalue weighted by Crippen LogP contribution is 2.32. The zero-order valence-corrected chi connectivity index (χ0v) is 12.0. The molecule has 0 spiro atoms. The first-order chi connectivity index (χ1) is 8.42. The SMILES string of the molecule is CC1CCCC(N)(C(=O)N2CCN(C)C(C)C2)C1. The zero-order valence-electron chi connectivity index (χ0n) is 12.0. The summed E-state index contributed by atoms with van der Waals surface area (Å²) in [5.74, 6) is 0.770. The lowest BCUT2D eigenvalue weighted by atomic mass is 9.76. The second-order valence-corrected chi connectivity index (χ2v) is 6.44. The molecule has 0 bridgehead atoms. The van der Waals surface area contributed by atoms with Crippen molar-refractivity contribution in [3.8, 4) is 0 Å². The highest BCUT2D eigenvalue weighted by Gasteiger charge is 2.41. The lowest BCUT2D eigenvalue weighted by molar-refractivity contribution is -0.141. The van der Waals surface area contributed by atoms with Crippen molar-refractivity contribution in [3.05, 3.63) is 0 Å². The number of carbonyl (C=O) groups excluding carboxylic acids is 1. The van der Waals surface area contributed by atoms with Crippen molar-refractivity contribution in [1.29, 1.82) is 0 Å². The van der Waals surface area contributed by atoms with Crippen LogP contribution in [0.2, 0.25) is 0 Å². The second-order valence-electron chi connectivity index (χ2n) is 6.44. The highest BCUT2D eigenvalue weighted by molar-refractivity contribution is 5.86. The van der Waals surface area contributed by atoms with Gasteiger partial charge in [0.05, 0.1) is 5.54 Å². The average Bonchev–Trinajstić information content (AvgIpc) is 2.31. The molecule has 3 unspecified atom stereocenters. The van der Waals surface area contributed by atoms with E-state index in [1.807, 2.05) is 4.90 Å². The van der Waals surface area contributed by atoms with Crippen LogP contribution in [0, 0.1) is 5.92 Å². The quantitative estimate of drug-likeness (QED) is 0.760. The van der Waals surface area contributed by atoms with Gasteiger partial charge in [-0.25, -0.2) is 0 Å². The Hall–Kier alpha value is -0.610. The molecule has 2 rings (SSSR count). The maximum Gasteiger partial charge on any atom is 0.242 e. The minimum atomic E-state index is -0.590. The fourth-order valence-corrected chi connectivity index (χ4v) is 3.33. The van der Waals surface area contributed by atoms with E-state index in [-0.39, 0.29) is 5.91 Å². The van der Waals surface area contributed by atoms with Crippen molar-refractivity contribution < 1.29 is 4.79 Å². The first kappa shape index (κ1) is 13.8. The molecule has 1 amide bonds. The van der Waals surface area contributed by atoms with Crippen LogP contribution in [0.15, 0.2) is 0 Å². The molecule has 1 aliphatic carbocycles. The fourth-order valence-electron chi connectivity index (χ4n) is 3.33. The Bertz CT molecular complexity index is 320. The van der Waals surface area contributed by atoms with Crippen molar-refractivity contribution >= 4 is 5.91 Å². The molecule has 2 fully saturated rings. The molecule has 0 radical (unpaired) electrons. The predicted molar refractivity (Wildman–Crippen MR) is 73.2 cm³/mol. The molecule has 104 valence electrons. The van der Waals surface area contributed by atoms with Gasteiger partial charge < -0.3 is 15.5 Å². The molecule has 1 saturated heterocycles. The van der Waals surface area contributed by atoms with Crippen molar-refractivity contribution in [2.75, 3.05) is 26.7 Å². The third kappa shape index (κ3) is 2.69. The normalized spacial score (nSPS) is 38.8. The molecule has 4 heteroatoms. The first-order valence-electron chi connectivity index (χ1n) is 7.21. The number of likely N-dealkylation sites (N-methyl/N-ethyl adjacent to an activating group) is 1. The molecular weight excluding hydrogens is 226 g/mol. The summed E-state index contributed by atoms with van der Waals surface area (Å²) in [6.45, 7) is 6.99. The van der Waals surface area contributed by atoms with Crippen LogP contribution in [0.4, 0.5) is 0 Å². The highest BCUT2D eigenvalue weighted by atomic mass is 16.2. The van der Waals surface area contributed by atoms with Crippen LogP contribution in [0.1, 0.15) is 39.5 Å².